The van der Waals surface area contributed by atoms with Crippen LogP contribution in [0.15, 0.2) is 84.9 Å². The van der Waals surface area contributed by atoms with Crippen molar-refractivity contribution in [3.8, 4) is 17.0 Å². The summed E-state index contributed by atoms with van der Waals surface area (Å²) < 4.78 is 13.6. The summed E-state index contributed by atoms with van der Waals surface area (Å²) in [7, 11) is 0. The van der Waals surface area contributed by atoms with E-state index in [1.807, 2.05) is 60.7 Å². The first-order valence-corrected chi connectivity index (χ1v) is 9.51. The number of amides is 1. The van der Waals surface area contributed by atoms with Crippen molar-refractivity contribution in [2.24, 2.45) is 0 Å². The molecule has 5 nitrogen and oxygen atoms in total. The number of aromatic nitrogens is 2. The second kappa shape index (κ2) is 8.61. The lowest BCUT2D eigenvalue weighted by molar-refractivity contribution is 0.0724. The Labute approximate surface area is 173 Å². The number of nitrogens with one attached hydrogen (secondary N) is 1. The summed E-state index contributed by atoms with van der Waals surface area (Å²) in [5.74, 6) is -0.835. The molecule has 0 atom stereocenters. The standard InChI is InChI=1S/C24H20FN3O2/c25-19-11-12-23(29)20(13-19)21-14-22(27-26-21)24(30)28(15-17-7-3-1-4-8-17)16-18-9-5-2-6-10-18/h1-14,29H,15-16H2,(H,26,27). The number of phenols is 1. The third kappa shape index (κ3) is 4.38. The molecule has 0 bridgehead atoms. The minimum absolute atomic E-state index is 0.104. The molecule has 0 fully saturated rings. The van der Waals surface area contributed by atoms with Gasteiger partial charge in [0.05, 0.1) is 5.69 Å². The molecule has 3 aromatic carbocycles. The maximum Gasteiger partial charge on any atom is 0.272 e. The number of H-pyrrole nitrogens is 1. The minimum atomic E-state index is -0.492. The van der Waals surface area contributed by atoms with E-state index >= 15 is 0 Å². The molecular formula is C24H20FN3O2. The van der Waals surface area contributed by atoms with E-state index in [1.54, 1.807) is 4.90 Å². The lowest BCUT2D eigenvalue weighted by atomic mass is 10.1. The number of rotatable bonds is 6. The van der Waals surface area contributed by atoms with Gasteiger partial charge in [0.2, 0.25) is 0 Å². The number of benzene rings is 3. The largest absolute Gasteiger partial charge is 0.507 e. The summed E-state index contributed by atoms with van der Waals surface area (Å²) >= 11 is 0. The van der Waals surface area contributed by atoms with Gasteiger partial charge in [-0.2, -0.15) is 5.10 Å². The smallest absolute Gasteiger partial charge is 0.272 e. The maximum absolute atomic E-state index is 13.6. The zero-order valence-electron chi connectivity index (χ0n) is 16.1. The van der Waals surface area contributed by atoms with Crippen LogP contribution in [-0.4, -0.2) is 26.1 Å². The first kappa shape index (κ1) is 19.4. The number of carbonyl (C=O) groups excluding carboxylic acids is 1. The predicted octanol–water partition coefficient (Wildman–Crippen LogP) is 4.76. The van der Waals surface area contributed by atoms with Crippen LogP contribution in [0.4, 0.5) is 4.39 Å². The highest BCUT2D eigenvalue weighted by molar-refractivity contribution is 5.93. The monoisotopic (exact) mass is 401 g/mol. The molecule has 1 heterocycles. The van der Waals surface area contributed by atoms with Crippen LogP contribution in [0.25, 0.3) is 11.3 Å². The first-order chi connectivity index (χ1) is 14.6. The molecule has 4 aromatic rings. The van der Waals surface area contributed by atoms with E-state index in [2.05, 4.69) is 10.2 Å². The van der Waals surface area contributed by atoms with Crippen molar-refractivity contribution in [1.29, 1.82) is 0 Å². The van der Waals surface area contributed by atoms with E-state index in [0.717, 1.165) is 11.1 Å². The fraction of sp³-hybridized carbons (Fsp3) is 0.0833. The zero-order valence-corrected chi connectivity index (χ0v) is 16.1. The normalized spacial score (nSPS) is 10.7. The van der Waals surface area contributed by atoms with Crippen LogP contribution in [0, 0.1) is 5.82 Å². The fourth-order valence-electron chi connectivity index (χ4n) is 3.26. The second-order valence-corrected chi connectivity index (χ2v) is 6.96. The highest BCUT2D eigenvalue weighted by Crippen LogP contribution is 2.29. The Morgan fingerprint density at radius 1 is 0.900 bits per heavy atom. The molecule has 0 spiro atoms. The van der Waals surface area contributed by atoms with Crippen molar-refractivity contribution >= 4 is 5.91 Å². The van der Waals surface area contributed by atoms with Crippen LogP contribution in [0.5, 0.6) is 5.75 Å². The van der Waals surface area contributed by atoms with Gasteiger partial charge in [-0.05, 0) is 35.4 Å². The number of nitrogens with zero attached hydrogens (tertiary/aromatic N) is 2. The predicted molar refractivity (Wildman–Crippen MR) is 112 cm³/mol. The molecule has 0 saturated heterocycles. The van der Waals surface area contributed by atoms with Gasteiger partial charge in [0.25, 0.3) is 5.91 Å². The molecule has 1 aromatic heterocycles. The summed E-state index contributed by atoms with van der Waals surface area (Å²) in [5.41, 5.74) is 2.80. The van der Waals surface area contributed by atoms with E-state index in [9.17, 15) is 14.3 Å². The van der Waals surface area contributed by atoms with Crippen LogP contribution >= 0.6 is 0 Å². The van der Waals surface area contributed by atoms with E-state index in [4.69, 9.17) is 0 Å². The molecule has 4 rings (SSSR count). The molecule has 0 aliphatic rings. The molecule has 30 heavy (non-hydrogen) atoms. The number of aromatic amines is 1. The topological polar surface area (TPSA) is 69.2 Å². The van der Waals surface area contributed by atoms with E-state index in [0.29, 0.717) is 18.8 Å². The van der Waals surface area contributed by atoms with Gasteiger partial charge in [-0.3, -0.25) is 9.89 Å². The van der Waals surface area contributed by atoms with Gasteiger partial charge in [-0.1, -0.05) is 60.7 Å². The maximum atomic E-state index is 13.6. The lowest BCUT2D eigenvalue weighted by Gasteiger charge is -2.22. The summed E-state index contributed by atoms with van der Waals surface area (Å²) in [4.78, 5) is 15.0. The van der Waals surface area contributed by atoms with Crippen LogP contribution in [-0.2, 0) is 13.1 Å². The summed E-state index contributed by atoms with van der Waals surface area (Å²) in [6, 6.07) is 24.6. The fourth-order valence-corrected chi connectivity index (χ4v) is 3.26. The average molecular weight is 401 g/mol. The number of aromatic hydroxyl groups is 1. The van der Waals surface area contributed by atoms with Gasteiger partial charge < -0.3 is 10.0 Å². The molecule has 150 valence electrons. The Balaban J connectivity index is 1.62. The second-order valence-electron chi connectivity index (χ2n) is 6.96. The van der Waals surface area contributed by atoms with Gasteiger partial charge in [0.15, 0.2) is 0 Å². The van der Waals surface area contributed by atoms with Gasteiger partial charge in [0, 0.05) is 18.7 Å². The third-order valence-electron chi connectivity index (χ3n) is 4.76. The van der Waals surface area contributed by atoms with E-state index in [1.165, 1.54) is 24.3 Å². The minimum Gasteiger partial charge on any atom is -0.507 e. The van der Waals surface area contributed by atoms with Gasteiger partial charge in [0.1, 0.15) is 17.3 Å². The Hall–Kier alpha value is -3.93. The van der Waals surface area contributed by atoms with Crippen molar-refractivity contribution in [2.75, 3.05) is 0 Å². The highest BCUT2D eigenvalue weighted by atomic mass is 19.1. The zero-order chi connectivity index (χ0) is 20.9. The average Bonchev–Trinajstić information content (AvgIpc) is 3.26. The quantitative estimate of drug-likeness (QED) is 0.489. The molecule has 1 amide bonds. The SMILES string of the molecule is O=C(c1cc(-c2cc(F)ccc2O)n[nH]1)N(Cc1ccccc1)Cc1ccccc1. The Morgan fingerprint density at radius 3 is 2.10 bits per heavy atom. The van der Waals surface area contributed by atoms with E-state index < -0.39 is 5.82 Å². The number of hydrogen-bond acceptors (Lipinski definition) is 3. The van der Waals surface area contributed by atoms with Crippen LogP contribution in [0.2, 0.25) is 0 Å². The van der Waals surface area contributed by atoms with Crippen LogP contribution in [0.1, 0.15) is 21.6 Å². The number of phenolic OH excluding ortho intramolecular Hbond substituents is 1. The van der Waals surface area contributed by atoms with Crippen LogP contribution in [0.3, 0.4) is 0 Å². The Morgan fingerprint density at radius 2 is 1.50 bits per heavy atom. The molecule has 0 aliphatic heterocycles. The Kier molecular flexibility index (Phi) is 5.57. The van der Waals surface area contributed by atoms with Gasteiger partial charge in [-0.25, -0.2) is 4.39 Å². The van der Waals surface area contributed by atoms with Crippen molar-refractivity contribution in [2.45, 2.75) is 13.1 Å². The first-order valence-electron chi connectivity index (χ1n) is 9.51. The summed E-state index contributed by atoms with van der Waals surface area (Å²) in [5, 5.41) is 16.9. The Bertz CT molecular complexity index is 1100. The summed E-state index contributed by atoms with van der Waals surface area (Å²) in [6.07, 6.45) is 0. The van der Waals surface area contributed by atoms with Crippen molar-refractivity contribution in [3.05, 3.63) is 108 Å². The van der Waals surface area contributed by atoms with Crippen molar-refractivity contribution < 1.29 is 14.3 Å². The highest BCUT2D eigenvalue weighted by Gasteiger charge is 2.20. The number of halogens is 1. The number of carbonyl (C=O) groups is 1. The lowest BCUT2D eigenvalue weighted by Crippen LogP contribution is -2.30. The van der Waals surface area contributed by atoms with Crippen molar-refractivity contribution in [3.63, 3.8) is 0 Å². The molecule has 0 saturated carbocycles. The van der Waals surface area contributed by atoms with Gasteiger partial charge >= 0.3 is 0 Å². The molecule has 0 radical (unpaired) electrons. The molecule has 6 heteroatoms. The molecule has 2 N–H and O–H groups in total. The van der Waals surface area contributed by atoms with Crippen molar-refractivity contribution in [1.82, 2.24) is 15.1 Å². The summed E-state index contributed by atoms with van der Waals surface area (Å²) in [6.45, 7) is 0.849. The third-order valence-corrected chi connectivity index (χ3v) is 4.76. The van der Waals surface area contributed by atoms with Crippen LogP contribution < -0.4 is 0 Å². The molecular weight excluding hydrogens is 381 g/mol. The molecule has 0 unspecified atom stereocenters. The molecule has 0 aliphatic carbocycles. The van der Waals surface area contributed by atoms with Gasteiger partial charge in [-0.15, -0.1) is 0 Å². The van der Waals surface area contributed by atoms with E-state index in [-0.39, 0.29) is 22.9 Å². The number of hydrogen-bond donors (Lipinski definition) is 2.